The summed E-state index contributed by atoms with van der Waals surface area (Å²) in [4.78, 5) is 15.8. The van der Waals surface area contributed by atoms with E-state index in [1.54, 1.807) is 18.3 Å². The summed E-state index contributed by atoms with van der Waals surface area (Å²) >= 11 is 5.92. The summed E-state index contributed by atoms with van der Waals surface area (Å²) < 4.78 is 7.67. The highest BCUT2D eigenvalue weighted by Gasteiger charge is 2.15. The van der Waals surface area contributed by atoms with Crippen molar-refractivity contribution < 1.29 is 4.74 Å². The Morgan fingerprint density at radius 1 is 1.53 bits per heavy atom. The predicted molar refractivity (Wildman–Crippen MR) is 74.6 cm³/mol. The average Bonchev–Trinajstić information content (AvgIpc) is 2.91. The smallest absolute Gasteiger partial charge is 0.190 e. The number of halogens is 1. The highest BCUT2D eigenvalue weighted by atomic mass is 35.5. The van der Waals surface area contributed by atoms with Crippen molar-refractivity contribution in [3.63, 3.8) is 0 Å². The van der Waals surface area contributed by atoms with Gasteiger partial charge in [-0.15, -0.1) is 0 Å². The lowest BCUT2D eigenvalue weighted by Crippen LogP contribution is -2.13. The van der Waals surface area contributed by atoms with E-state index in [1.807, 2.05) is 10.8 Å². The molecule has 0 N–H and O–H groups in total. The fraction of sp³-hybridized carbons (Fsp3) is 0.429. The monoisotopic (exact) mass is 278 g/mol. The van der Waals surface area contributed by atoms with E-state index >= 15 is 0 Å². The summed E-state index contributed by atoms with van der Waals surface area (Å²) in [5.74, 6) is 0. The molecule has 1 fully saturated rings. The van der Waals surface area contributed by atoms with E-state index < -0.39 is 0 Å². The van der Waals surface area contributed by atoms with Crippen LogP contribution in [-0.2, 0) is 11.3 Å². The molecule has 0 radical (unpaired) electrons. The summed E-state index contributed by atoms with van der Waals surface area (Å²) in [7, 11) is 0. The summed E-state index contributed by atoms with van der Waals surface area (Å²) in [6.45, 7) is 1.69. The van der Waals surface area contributed by atoms with Crippen molar-refractivity contribution >= 4 is 22.5 Å². The van der Waals surface area contributed by atoms with Crippen LogP contribution in [0.3, 0.4) is 0 Å². The van der Waals surface area contributed by atoms with Gasteiger partial charge in [0.2, 0.25) is 0 Å². The molecule has 0 bridgehead atoms. The molecule has 1 aliphatic rings. The van der Waals surface area contributed by atoms with E-state index in [1.165, 1.54) is 0 Å². The Morgan fingerprint density at radius 2 is 2.42 bits per heavy atom. The molecule has 2 aromatic rings. The molecule has 100 valence electrons. The quantitative estimate of drug-likeness (QED) is 0.811. The zero-order valence-corrected chi connectivity index (χ0v) is 11.3. The molecule has 0 aliphatic carbocycles. The Labute approximate surface area is 116 Å². The standard InChI is InChI=1S/C14H15ClN2O2/c15-14-8-12-11(9-16-14)13(18)4-6-17(12)5-3-10-2-1-7-19-10/h4,6,8-10H,1-3,5,7H2/t10-/m0/s1. The van der Waals surface area contributed by atoms with Gasteiger partial charge in [-0.3, -0.25) is 4.79 Å². The summed E-state index contributed by atoms with van der Waals surface area (Å²) in [5, 5.41) is 1.02. The Bertz CT molecular complexity index is 647. The first kappa shape index (κ1) is 12.6. The van der Waals surface area contributed by atoms with Crippen LogP contribution in [0, 0.1) is 0 Å². The van der Waals surface area contributed by atoms with Gasteiger partial charge in [-0.25, -0.2) is 4.98 Å². The van der Waals surface area contributed by atoms with E-state index in [2.05, 4.69) is 4.98 Å². The second-order valence-corrected chi connectivity index (χ2v) is 5.21. The van der Waals surface area contributed by atoms with Crippen molar-refractivity contribution in [3.8, 4) is 0 Å². The van der Waals surface area contributed by atoms with Crippen molar-refractivity contribution in [2.75, 3.05) is 6.61 Å². The topological polar surface area (TPSA) is 44.1 Å². The first-order chi connectivity index (χ1) is 9.24. The lowest BCUT2D eigenvalue weighted by atomic mass is 10.2. The molecule has 1 saturated heterocycles. The minimum atomic E-state index is -0.0208. The van der Waals surface area contributed by atoms with Crippen LogP contribution in [0.1, 0.15) is 19.3 Å². The Hall–Kier alpha value is -1.39. The van der Waals surface area contributed by atoms with Crippen LogP contribution < -0.4 is 5.43 Å². The molecule has 0 unspecified atom stereocenters. The molecule has 0 saturated carbocycles. The lowest BCUT2D eigenvalue weighted by Gasteiger charge is -2.13. The molecule has 0 spiro atoms. The van der Waals surface area contributed by atoms with Crippen LogP contribution >= 0.6 is 11.6 Å². The predicted octanol–water partition coefficient (Wildman–Crippen LogP) is 2.62. The number of ether oxygens (including phenoxy) is 1. The lowest BCUT2D eigenvalue weighted by molar-refractivity contribution is 0.101. The third kappa shape index (κ3) is 2.65. The molecule has 1 aliphatic heterocycles. The number of aromatic nitrogens is 2. The molecule has 2 aromatic heterocycles. The largest absolute Gasteiger partial charge is 0.378 e. The van der Waals surface area contributed by atoms with Gasteiger partial charge < -0.3 is 9.30 Å². The Balaban J connectivity index is 1.91. The van der Waals surface area contributed by atoms with Crippen molar-refractivity contribution in [3.05, 3.63) is 39.9 Å². The fourth-order valence-electron chi connectivity index (χ4n) is 2.53. The van der Waals surface area contributed by atoms with Gasteiger partial charge in [0.15, 0.2) is 5.43 Å². The molecule has 3 heterocycles. The minimum absolute atomic E-state index is 0.0208. The van der Waals surface area contributed by atoms with Crippen LogP contribution in [0.15, 0.2) is 29.3 Å². The highest BCUT2D eigenvalue weighted by molar-refractivity contribution is 6.29. The second-order valence-electron chi connectivity index (χ2n) is 4.82. The Morgan fingerprint density at radius 3 is 3.21 bits per heavy atom. The summed E-state index contributed by atoms with van der Waals surface area (Å²) in [5.41, 5.74) is 0.818. The van der Waals surface area contributed by atoms with Gasteiger partial charge in [0.1, 0.15) is 5.15 Å². The SMILES string of the molecule is O=c1ccn(CC[C@@H]2CCCO2)c2cc(Cl)ncc12. The Kier molecular flexibility index (Phi) is 3.53. The molecule has 0 amide bonds. The molecule has 19 heavy (non-hydrogen) atoms. The number of fused-ring (bicyclic) bond motifs is 1. The first-order valence-electron chi connectivity index (χ1n) is 6.50. The van der Waals surface area contributed by atoms with Crippen LogP contribution in [0.25, 0.3) is 10.9 Å². The molecule has 4 nitrogen and oxygen atoms in total. The van der Waals surface area contributed by atoms with Gasteiger partial charge in [-0.2, -0.15) is 0 Å². The third-order valence-corrected chi connectivity index (χ3v) is 3.75. The van der Waals surface area contributed by atoms with Gasteiger partial charge in [0.05, 0.1) is 17.0 Å². The normalized spacial score (nSPS) is 19.1. The van der Waals surface area contributed by atoms with Gasteiger partial charge in [0, 0.05) is 31.6 Å². The van der Waals surface area contributed by atoms with Crippen LogP contribution in [0.5, 0.6) is 0 Å². The van der Waals surface area contributed by atoms with E-state index in [0.29, 0.717) is 16.6 Å². The zero-order valence-electron chi connectivity index (χ0n) is 10.5. The first-order valence-corrected chi connectivity index (χ1v) is 6.88. The van der Waals surface area contributed by atoms with Gasteiger partial charge in [0.25, 0.3) is 0 Å². The third-order valence-electron chi connectivity index (χ3n) is 3.55. The van der Waals surface area contributed by atoms with E-state index in [0.717, 1.165) is 37.9 Å². The molecule has 5 heteroatoms. The number of aryl methyl sites for hydroxylation is 1. The number of hydrogen-bond donors (Lipinski definition) is 0. The van der Waals surface area contributed by atoms with E-state index in [-0.39, 0.29) is 5.43 Å². The molecular formula is C14H15ClN2O2. The molecule has 0 aromatic carbocycles. The van der Waals surface area contributed by atoms with E-state index in [9.17, 15) is 4.79 Å². The summed E-state index contributed by atoms with van der Waals surface area (Å²) in [6, 6.07) is 3.32. The average molecular weight is 279 g/mol. The molecule has 1 atom stereocenters. The van der Waals surface area contributed by atoms with Crippen molar-refractivity contribution in [1.29, 1.82) is 0 Å². The zero-order chi connectivity index (χ0) is 13.2. The maximum atomic E-state index is 11.8. The number of nitrogens with zero attached hydrogens (tertiary/aromatic N) is 2. The number of hydrogen-bond acceptors (Lipinski definition) is 3. The van der Waals surface area contributed by atoms with Crippen LogP contribution in [0.4, 0.5) is 0 Å². The van der Waals surface area contributed by atoms with Gasteiger partial charge in [-0.05, 0) is 25.3 Å². The van der Waals surface area contributed by atoms with Crippen molar-refractivity contribution in [2.45, 2.75) is 31.9 Å². The second kappa shape index (κ2) is 5.31. The van der Waals surface area contributed by atoms with Gasteiger partial charge in [-0.1, -0.05) is 11.6 Å². The minimum Gasteiger partial charge on any atom is -0.378 e. The number of pyridine rings is 2. The fourth-order valence-corrected chi connectivity index (χ4v) is 2.68. The molecule has 3 rings (SSSR count). The van der Waals surface area contributed by atoms with Crippen LogP contribution in [0.2, 0.25) is 5.15 Å². The maximum Gasteiger partial charge on any atom is 0.190 e. The van der Waals surface area contributed by atoms with Gasteiger partial charge >= 0.3 is 0 Å². The van der Waals surface area contributed by atoms with E-state index in [4.69, 9.17) is 16.3 Å². The maximum absolute atomic E-state index is 11.8. The number of rotatable bonds is 3. The van der Waals surface area contributed by atoms with Crippen molar-refractivity contribution in [2.24, 2.45) is 0 Å². The van der Waals surface area contributed by atoms with Crippen LogP contribution in [-0.4, -0.2) is 22.3 Å². The highest BCUT2D eigenvalue weighted by Crippen LogP contribution is 2.18. The molecular weight excluding hydrogens is 264 g/mol. The van der Waals surface area contributed by atoms with Crippen molar-refractivity contribution in [1.82, 2.24) is 9.55 Å². The summed E-state index contributed by atoms with van der Waals surface area (Å²) in [6.07, 6.45) is 6.93.